The van der Waals surface area contributed by atoms with E-state index in [1.54, 1.807) is 66.7 Å². The van der Waals surface area contributed by atoms with Gasteiger partial charge in [-0.3, -0.25) is 4.79 Å². The van der Waals surface area contributed by atoms with Crippen LogP contribution in [0, 0.1) is 0 Å². The molecule has 0 fully saturated rings. The van der Waals surface area contributed by atoms with E-state index in [4.69, 9.17) is 18.9 Å². The molecule has 188 valence electrons. The molecule has 0 aliphatic heterocycles. The Bertz CT molecular complexity index is 1170. The molecule has 8 nitrogen and oxygen atoms in total. The fourth-order valence-electron chi connectivity index (χ4n) is 3.13. The first kappa shape index (κ1) is 26.3. The highest BCUT2D eigenvalue weighted by Crippen LogP contribution is 2.28. The Kier molecular flexibility index (Phi) is 9.88. The summed E-state index contributed by atoms with van der Waals surface area (Å²) in [5.74, 6) is 1.14. The zero-order valence-electron chi connectivity index (χ0n) is 20.7. The van der Waals surface area contributed by atoms with Crippen LogP contribution in [0.4, 0.5) is 0 Å². The standard InChI is InChI=1S/C28H30N2O6/c1-4-6-17-35-24-12-8-21(9-13-24)27(31)30-29-19-20-7-16-25(26(18-20)33-3)36-28(32)22-10-14-23(15-11-22)34-5-2/h7-16,18-19H,4-6,17H2,1-3H3,(H,30,31). The highest BCUT2D eigenvalue weighted by Gasteiger charge is 2.13. The van der Waals surface area contributed by atoms with Crippen LogP contribution in [0.5, 0.6) is 23.0 Å². The van der Waals surface area contributed by atoms with Crippen molar-refractivity contribution in [1.29, 1.82) is 0 Å². The molecule has 3 aromatic rings. The van der Waals surface area contributed by atoms with Crippen LogP contribution in [0.1, 0.15) is 53.0 Å². The van der Waals surface area contributed by atoms with Crippen molar-refractivity contribution in [3.05, 3.63) is 83.4 Å². The molecule has 0 spiro atoms. The Labute approximate surface area is 210 Å². The minimum Gasteiger partial charge on any atom is -0.494 e. The van der Waals surface area contributed by atoms with Crippen molar-refractivity contribution in [3.8, 4) is 23.0 Å². The second kappa shape index (κ2) is 13.5. The zero-order valence-corrected chi connectivity index (χ0v) is 20.7. The van der Waals surface area contributed by atoms with E-state index in [1.807, 2.05) is 6.92 Å². The number of benzene rings is 3. The van der Waals surface area contributed by atoms with Gasteiger partial charge in [0.25, 0.3) is 5.91 Å². The Morgan fingerprint density at radius 1 is 0.861 bits per heavy atom. The summed E-state index contributed by atoms with van der Waals surface area (Å²) in [5, 5.41) is 4.01. The van der Waals surface area contributed by atoms with E-state index in [0.717, 1.165) is 18.6 Å². The lowest BCUT2D eigenvalue weighted by Crippen LogP contribution is -2.17. The molecule has 0 aromatic heterocycles. The molecule has 0 radical (unpaired) electrons. The van der Waals surface area contributed by atoms with Gasteiger partial charge in [0.15, 0.2) is 11.5 Å². The topological polar surface area (TPSA) is 95.5 Å². The Morgan fingerprint density at radius 2 is 1.53 bits per heavy atom. The third kappa shape index (κ3) is 7.59. The van der Waals surface area contributed by atoms with Crippen LogP contribution in [0.25, 0.3) is 0 Å². The second-order valence-electron chi connectivity index (χ2n) is 7.68. The third-order valence-electron chi connectivity index (χ3n) is 5.05. The summed E-state index contributed by atoms with van der Waals surface area (Å²) in [7, 11) is 1.47. The van der Waals surface area contributed by atoms with Gasteiger partial charge in [-0.15, -0.1) is 0 Å². The molecule has 3 rings (SSSR count). The number of esters is 1. The van der Waals surface area contributed by atoms with Crippen molar-refractivity contribution in [2.45, 2.75) is 26.7 Å². The fraction of sp³-hybridized carbons (Fsp3) is 0.250. The quantitative estimate of drug-likeness (QED) is 0.122. The summed E-state index contributed by atoms with van der Waals surface area (Å²) >= 11 is 0. The molecular weight excluding hydrogens is 460 g/mol. The van der Waals surface area contributed by atoms with Crippen LogP contribution in [0.3, 0.4) is 0 Å². The minimum atomic E-state index is -0.521. The number of hydrogen-bond donors (Lipinski definition) is 1. The normalized spacial score (nSPS) is 10.6. The zero-order chi connectivity index (χ0) is 25.8. The number of amides is 1. The number of hydrazone groups is 1. The van der Waals surface area contributed by atoms with Crippen LogP contribution in [-0.4, -0.2) is 38.4 Å². The predicted octanol–water partition coefficient (Wildman–Crippen LogP) is 5.26. The maximum Gasteiger partial charge on any atom is 0.343 e. The van der Waals surface area contributed by atoms with Gasteiger partial charge < -0.3 is 18.9 Å². The van der Waals surface area contributed by atoms with E-state index < -0.39 is 5.97 Å². The van der Waals surface area contributed by atoms with Crippen molar-refractivity contribution < 1.29 is 28.5 Å². The number of nitrogens with zero attached hydrogens (tertiary/aromatic N) is 1. The molecule has 0 aliphatic rings. The van der Waals surface area contributed by atoms with Crippen molar-refractivity contribution in [3.63, 3.8) is 0 Å². The first-order valence-corrected chi connectivity index (χ1v) is 11.7. The van der Waals surface area contributed by atoms with Gasteiger partial charge in [-0.25, -0.2) is 10.2 Å². The fourth-order valence-corrected chi connectivity index (χ4v) is 3.13. The van der Waals surface area contributed by atoms with E-state index in [9.17, 15) is 9.59 Å². The van der Waals surface area contributed by atoms with E-state index >= 15 is 0 Å². The molecule has 3 aromatic carbocycles. The number of carbonyl (C=O) groups excluding carboxylic acids is 2. The van der Waals surface area contributed by atoms with Gasteiger partial charge in [-0.2, -0.15) is 5.10 Å². The van der Waals surface area contributed by atoms with E-state index in [1.165, 1.54) is 13.3 Å². The maximum absolute atomic E-state index is 12.5. The molecule has 36 heavy (non-hydrogen) atoms. The van der Waals surface area contributed by atoms with Crippen molar-refractivity contribution in [2.24, 2.45) is 5.10 Å². The van der Waals surface area contributed by atoms with Crippen LogP contribution < -0.4 is 24.4 Å². The van der Waals surface area contributed by atoms with Crippen LogP contribution >= 0.6 is 0 Å². The number of nitrogens with one attached hydrogen (secondary N) is 1. The molecule has 0 bridgehead atoms. The Balaban J connectivity index is 1.58. The average molecular weight is 491 g/mol. The summed E-state index contributed by atoms with van der Waals surface area (Å²) < 4.78 is 21.8. The summed E-state index contributed by atoms with van der Waals surface area (Å²) in [4.78, 5) is 24.8. The van der Waals surface area contributed by atoms with Gasteiger partial charge in [0, 0.05) is 5.56 Å². The predicted molar refractivity (Wildman–Crippen MR) is 137 cm³/mol. The SMILES string of the molecule is CCCCOc1ccc(C(=O)NN=Cc2ccc(OC(=O)c3ccc(OCC)cc3)c(OC)c2)cc1. The van der Waals surface area contributed by atoms with Crippen LogP contribution in [0.2, 0.25) is 0 Å². The van der Waals surface area contributed by atoms with Crippen molar-refractivity contribution in [1.82, 2.24) is 5.43 Å². The Morgan fingerprint density at radius 3 is 2.17 bits per heavy atom. The van der Waals surface area contributed by atoms with Gasteiger partial charge in [0.1, 0.15) is 11.5 Å². The molecule has 0 aliphatic carbocycles. The maximum atomic E-state index is 12.5. The van der Waals surface area contributed by atoms with E-state index in [-0.39, 0.29) is 11.7 Å². The van der Waals surface area contributed by atoms with Gasteiger partial charge >= 0.3 is 5.97 Å². The molecule has 0 saturated carbocycles. The molecular formula is C28H30N2O6. The molecule has 8 heteroatoms. The van der Waals surface area contributed by atoms with Crippen LogP contribution in [-0.2, 0) is 0 Å². The van der Waals surface area contributed by atoms with E-state index in [2.05, 4.69) is 17.5 Å². The van der Waals surface area contributed by atoms with Gasteiger partial charge in [0.05, 0.1) is 32.1 Å². The second-order valence-corrected chi connectivity index (χ2v) is 7.68. The number of unbranched alkanes of at least 4 members (excludes halogenated alkanes) is 1. The average Bonchev–Trinajstić information content (AvgIpc) is 2.90. The summed E-state index contributed by atoms with van der Waals surface area (Å²) in [6, 6.07) is 18.5. The highest BCUT2D eigenvalue weighted by molar-refractivity contribution is 5.95. The third-order valence-corrected chi connectivity index (χ3v) is 5.05. The van der Waals surface area contributed by atoms with Gasteiger partial charge in [-0.05, 0) is 85.6 Å². The van der Waals surface area contributed by atoms with Crippen molar-refractivity contribution in [2.75, 3.05) is 20.3 Å². The van der Waals surface area contributed by atoms with Crippen LogP contribution in [0.15, 0.2) is 71.8 Å². The highest BCUT2D eigenvalue weighted by atomic mass is 16.6. The minimum absolute atomic E-state index is 0.263. The first-order chi connectivity index (χ1) is 17.5. The van der Waals surface area contributed by atoms with Gasteiger partial charge in [0.2, 0.25) is 0 Å². The molecule has 0 heterocycles. The lowest BCUT2D eigenvalue weighted by Gasteiger charge is -2.10. The largest absolute Gasteiger partial charge is 0.494 e. The lowest BCUT2D eigenvalue weighted by atomic mass is 10.2. The summed E-state index contributed by atoms with van der Waals surface area (Å²) in [6.45, 7) is 5.18. The summed E-state index contributed by atoms with van der Waals surface area (Å²) in [5.41, 5.74) is 3.98. The molecule has 1 N–H and O–H groups in total. The molecule has 1 amide bonds. The Hall–Kier alpha value is -4.33. The molecule has 0 atom stereocenters. The number of ether oxygens (including phenoxy) is 4. The number of rotatable bonds is 12. The summed E-state index contributed by atoms with van der Waals surface area (Å²) in [6.07, 6.45) is 3.51. The van der Waals surface area contributed by atoms with Crippen molar-refractivity contribution >= 4 is 18.1 Å². The van der Waals surface area contributed by atoms with Gasteiger partial charge in [-0.1, -0.05) is 13.3 Å². The molecule has 0 unspecified atom stereocenters. The van der Waals surface area contributed by atoms with E-state index in [0.29, 0.717) is 41.4 Å². The number of methoxy groups -OCH3 is 1. The lowest BCUT2D eigenvalue weighted by molar-refractivity contribution is 0.0729. The number of hydrogen-bond acceptors (Lipinski definition) is 7. The smallest absolute Gasteiger partial charge is 0.343 e. The first-order valence-electron chi connectivity index (χ1n) is 11.7. The number of carbonyl (C=O) groups is 2. The monoisotopic (exact) mass is 490 g/mol. The molecule has 0 saturated heterocycles.